The molecule has 0 aromatic heterocycles. The van der Waals surface area contributed by atoms with Gasteiger partial charge in [-0.1, -0.05) is 0 Å². The Morgan fingerprint density at radius 3 is 1.67 bits per heavy atom. The number of rotatable bonds is 12. The maximum absolute atomic E-state index is 10.2. The molecule has 2 fully saturated rings. The maximum atomic E-state index is 10.2. The van der Waals surface area contributed by atoms with E-state index in [9.17, 15) is 56.2 Å². The van der Waals surface area contributed by atoms with Crippen molar-refractivity contribution in [2.75, 3.05) is 40.5 Å². The third kappa shape index (κ3) is 7.70. The van der Waals surface area contributed by atoms with E-state index in [1.807, 2.05) is 0 Å². The second kappa shape index (κ2) is 13.9. The molecular formula is C20H39NO15. The summed E-state index contributed by atoms with van der Waals surface area (Å²) in [5.41, 5.74) is 0. The molecule has 14 atom stereocenters. The minimum atomic E-state index is -1.83. The second-order valence-electron chi connectivity index (χ2n) is 9.26. The zero-order chi connectivity index (χ0) is 27.3. The fraction of sp³-hybridized carbons (Fsp3) is 1.00. The van der Waals surface area contributed by atoms with Gasteiger partial charge in [-0.15, -0.1) is 0 Å². The quantitative estimate of drug-likeness (QED) is 0.111. The van der Waals surface area contributed by atoms with Crippen LogP contribution in [0.4, 0.5) is 0 Å². The van der Waals surface area contributed by atoms with Crippen molar-refractivity contribution in [3.05, 3.63) is 0 Å². The lowest BCUT2D eigenvalue weighted by atomic mass is 9.98. The summed E-state index contributed by atoms with van der Waals surface area (Å²) in [7, 11) is 3.25. The van der Waals surface area contributed by atoms with Gasteiger partial charge in [0.05, 0.1) is 25.9 Å². The van der Waals surface area contributed by atoms with Crippen LogP contribution in [-0.2, 0) is 18.9 Å². The standard InChI is InChI=1S/C20H39NO15/c1-21(2)3-7(23)11(25)12(26)8(24)5-33-19-18(32)16(30)14(28)10(36-19)6-34-20-17(31)15(29)13(27)9(4-22)35-20/h7-20,22-32H,3-6H2,1-2H3/t7?,8?,9-,10?,11-,12-,13-,14-,15+,16+,17-,18-,19-,20-/m1/s1. The third-order valence-corrected chi connectivity index (χ3v) is 6.06. The van der Waals surface area contributed by atoms with Gasteiger partial charge in [-0.05, 0) is 14.1 Å². The van der Waals surface area contributed by atoms with Gasteiger partial charge < -0.3 is 80.0 Å². The van der Waals surface area contributed by atoms with Gasteiger partial charge >= 0.3 is 0 Å². The van der Waals surface area contributed by atoms with Crippen LogP contribution < -0.4 is 0 Å². The van der Waals surface area contributed by atoms with E-state index in [2.05, 4.69) is 0 Å². The molecule has 0 bridgehead atoms. The maximum Gasteiger partial charge on any atom is 0.186 e. The Morgan fingerprint density at radius 2 is 1.14 bits per heavy atom. The molecule has 3 unspecified atom stereocenters. The summed E-state index contributed by atoms with van der Waals surface area (Å²) in [5, 5.41) is 110. The lowest BCUT2D eigenvalue weighted by Crippen LogP contribution is -2.62. The highest BCUT2D eigenvalue weighted by Gasteiger charge is 2.47. The minimum absolute atomic E-state index is 0.00351. The van der Waals surface area contributed by atoms with E-state index in [0.29, 0.717) is 0 Å². The van der Waals surface area contributed by atoms with Crippen molar-refractivity contribution >= 4 is 0 Å². The van der Waals surface area contributed by atoms with Gasteiger partial charge in [-0.2, -0.15) is 0 Å². The van der Waals surface area contributed by atoms with E-state index < -0.39 is 106 Å². The number of nitrogens with zero attached hydrogens (tertiary/aromatic N) is 1. The van der Waals surface area contributed by atoms with Crippen LogP contribution in [0.2, 0.25) is 0 Å². The van der Waals surface area contributed by atoms with Crippen LogP contribution in [0.3, 0.4) is 0 Å². The van der Waals surface area contributed by atoms with Crippen LogP contribution in [0.1, 0.15) is 0 Å². The Labute approximate surface area is 207 Å². The highest BCUT2D eigenvalue weighted by atomic mass is 16.7. The summed E-state index contributed by atoms with van der Waals surface area (Å²) < 4.78 is 21.1. The molecule has 214 valence electrons. The van der Waals surface area contributed by atoms with Crippen LogP contribution in [-0.4, -0.2) is 187 Å². The Bertz CT molecular complexity index is 644. The van der Waals surface area contributed by atoms with Gasteiger partial charge in [-0.25, -0.2) is 0 Å². The predicted molar refractivity (Wildman–Crippen MR) is 115 cm³/mol. The molecule has 36 heavy (non-hydrogen) atoms. The molecule has 2 aliphatic rings. The molecule has 0 aromatic carbocycles. The zero-order valence-electron chi connectivity index (χ0n) is 19.9. The molecule has 2 saturated heterocycles. The Kier molecular flexibility index (Phi) is 12.2. The second-order valence-corrected chi connectivity index (χ2v) is 9.26. The SMILES string of the molecule is CN(C)CC(O)[C@@H](O)[C@H](O)C(O)CO[C@@H]1OC(CO[C@@H]2O[C@H](CO)[C@@H](O)[C@H](O)[C@H]2O)[C@@H](O)[C@H](O)[C@H]1O. The molecule has 2 rings (SSSR count). The van der Waals surface area contributed by atoms with Crippen molar-refractivity contribution in [3.63, 3.8) is 0 Å². The van der Waals surface area contributed by atoms with E-state index in [-0.39, 0.29) is 6.54 Å². The summed E-state index contributed by atoms with van der Waals surface area (Å²) >= 11 is 0. The molecule has 0 amide bonds. The molecule has 0 saturated carbocycles. The van der Waals surface area contributed by atoms with Gasteiger partial charge in [0.1, 0.15) is 67.1 Å². The number of aliphatic hydroxyl groups is 11. The molecule has 0 spiro atoms. The van der Waals surface area contributed by atoms with Crippen molar-refractivity contribution in [2.24, 2.45) is 0 Å². The Morgan fingerprint density at radius 1 is 0.667 bits per heavy atom. The molecule has 16 nitrogen and oxygen atoms in total. The van der Waals surface area contributed by atoms with Crippen LogP contribution in [0, 0.1) is 0 Å². The highest BCUT2D eigenvalue weighted by Crippen LogP contribution is 2.26. The smallest absolute Gasteiger partial charge is 0.186 e. The molecule has 11 N–H and O–H groups in total. The lowest BCUT2D eigenvalue weighted by Gasteiger charge is -2.42. The third-order valence-electron chi connectivity index (χ3n) is 6.06. The van der Waals surface area contributed by atoms with Crippen molar-refractivity contribution in [3.8, 4) is 0 Å². The number of hydrogen-bond donors (Lipinski definition) is 11. The van der Waals surface area contributed by atoms with Gasteiger partial charge in [0, 0.05) is 6.54 Å². The molecule has 2 heterocycles. The largest absolute Gasteiger partial charge is 0.394 e. The molecule has 0 aliphatic carbocycles. The lowest BCUT2D eigenvalue weighted by molar-refractivity contribution is -0.333. The summed E-state index contributed by atoms with van der Waals surface area (Å²) in [6.07, 6.45) is -22.8. The molecule has 16 heteroatoms. The fourth-order valence-corrected chi connectivity index (χ4v) is 3.82. The fourth-order valence-electron chi connectivity index (χ4n) is 3.82. The molecule has 0 radical (unpaired) electrons. The van der Waals surface area contributed by atoms with Crippen LogP contribution in [0.5, 0.6) is 0 Å². The molecule has 2 aliphatic heterocycles. The van der Waals surface area contributed by atoms with Crippen molar-refractivity contribution in [1.29, 1.82) is 0 Å². The highest BCUT2D eigenvalue weighted by molar-refractivity contribution is 4.92. The van der Waals surface area contributed by atoms with E-state index in [1.165, 1.54) is 0 Å². The topological polar surface area (TPSA) is 263 Å². The first-order valence-corrected chi connectivity index (χ1v) is 11.4. The first-order chi connectivity index (χ1) is 16.8. The van der Waals surface area contributed by atoms with Gasteiger partial charge in [0.2, 0.25) is 0 Å². The average Bonchev–Trinajstić information content (AvgIpc) is 2.84. The van der Waals surface area contributed by atoms with E-state index >= 15 is 0 Å². The summed E-state index contributed by atoms with van der Waals surface area (Å²) in [6, 6.07) is 0. The number of ether oxygens (including phenoxy) is 4. The molecular weight excluding hydrogens is 494 g/mol. The van der Waals surface area contributed by atoms with Gasteiger partial charge in [-0.3, -0.25) is 0 Å². The Hall–Kier alpha value is -0.640. The van der Waals surface area contributed by atoms with Crippen LogP contribution in [0.25, 0.3) is 0 Å². The predicted octanol–water partition coefficient (Wildman–Crippen LogP) is -7.37. The normalized spacial score (nSPS) is 41.2. The van der Waals surface area contributed by atoms with E-state index in [0.717, 1.165) is 0 Å². The summed E-state index contributed by atoms with van der Waals surface area (Å²) in [4.78, 5) is 1.55. The van der Waals surface area contributed by atoms with Crippen LogP contribution >= 0.6 is 0 Å². The monoisotopic (exact) mass is 533 g/mol. The number of hydrogen-bond acceptors (Lipinski definition) is 16. The first-order valence-electron chi connectivity index (χ1n) is 11.4. The Balaban J connectivity index is 1.94. The van der Waals surface area contributed by atoms with Gasteiger partial charge in [0.15, 0.2) is 12.6 Å². The minimum Gasteiger partial charge on any atom is -0.394 e. The van der Waals surface area contributed by atoms with Crippen LogP contribution in [0.15, 0.2) is 0 Å². The molecule has 0 aromatic rings. The average molecular weight is 534 g/mol. The van der Waals surface area contributed by atoms with E-state index in [4.69, 9.17) is 18.9 Å². The summed E-state index contributed by atoms with van der Waals surface area (Å²) in [5.74, 6) is 0. The first kappa shape index (κ1) is 31.6. The number of likely N-dealkylation sites (N-methyl/N-ethyl adjacent to an activating group) is 1. The van der Waals surface area contributed by atoms with Crippen molar-refractivity contribution in [2.45, 2.75) is 85.8 Å². The number of aliphatic hydroxyl groups excluding tert-OH is 11. The van der Waals surface area contributed by atoms with Crippen molar-refractivity contribution < 1.29 is 75.1 Å². The van der Waals surface area contributed by atoms with E-state index in [1.54, 1.807) is 19.0 Å². The van der Waals surface area contributed by atoms with Gasteiger partial charge in [0.25, 0.3) is 0 Å². The summed E-state index contributed by atoms with van der Waals surface area (Å²) in [6.45, 7) is -1.98. The zero-order valence-corrected chi connectivity index (χ0v) is 19.9. The van der Waals surface area contributed by atoms with Crippen molar-refractivity contribution in [1.82, 2.24) is 4.90 Å².